The number of rotatable bonds is 8. The average molecular weight is 515 g/mol. The Hall–Kier alpha value is -2.45. The number of nitrogens with one attached hydrogen (secondary N) is 1. The quantitative estimate of drug-likeness (QED) is 0.323. The number of thiazole rings is 1. The fourth-order valence-corrected chi connectivity index (χ4v) is 6.78. The summed E-state index contributed by atoms with van der Waals surface area (Å²) in [5.74, 6) is 0. The van der Waals surface area contributed by atoms with Crippen LogP contribution in [0, 0.1) is 0 Å². The zero-order chi connectivity index (χ0) is 24.5. The Morgan fingerprint density at radius 2 is 1.71 bits per heavy atom. The number of nitrogens with zero attached hydrogens (tertiary/aromatic N) is 1. The van der Waals surface area contributed by atoms with E-state index in [1.54, 1.807) is 28.8 Å². The number of hydrogen-bond acceptors (Lipinski definition) is 4. The summed E-state index contributed by atoms with van der Waals surface area (Å²) in [4.78, 5) is 12.6. The molecule has 1 atom stereocenters. The number of fused-ring (bicyclic) bond motifs is 1. The molecule has 0 saturated heterocycles. The van der Waals surface area contributed by atoms with Crippen molar-refractivity contribution in [2.75, 3.05) is 0 Å². The third-order valence-electron chi connectivity index (χ3n) is 5.96. The second-order valence-corrected chi connectivity index (χ2v) is 12.3. The number of sulfonamides is 1. The van der Waals surface area contributed by atoms with Crippen molar-refractivity contribution in [2.45, 2.75) is 50.1 Å². The SMILES string of the molecule is C[C@@H](CC(C)(C)c1ccccc1)NS(=O)(=O)c1ccc2c(c1)sc(=O)n2Cc1ccccc1Cl. The normalized spacial score (nSPS) is 13.3. The van der Waals surface area contributed by atoms with Crippen LogP contribution in [0.25, 0.3) is 10.2 Å². The van der Waals surface area contributed by atoms with Gasteiger partial charge in [0, 0.05) is 11.1 Å². The molecular weight excluding hydrogens is 488 g/mol. The molecule has 34 heavy (non-hydrogen) atoms. The van der Waals surface area contributed by atoms with Gasteiger partial charge in [-0.2, -0.15) is 0 Å². The van der Waals surface area contributed by atoms with Crippen LogP contribution in [0.1, 0.15) is 38.3 Å². The highest BCUT2D eigenvalue weighted by Gasteiger charge is 2.26. The molecule has 0 fully saturated rings. The Bertz CT molecular complexity index is 1470. The molecule has 0 bridgehead atoms. The highest BCUT2D eigenvalue weighted by Crippen LogP contribution is 2.29. The van der Waals surface area contributed by atoms with Gasteiger partial charge in [-0.3, -0.25) is 9.36 Å². The van der Waals surface area contributed by atoms with Crippen LogP contribution in [0.5, 0.6) is 0 Å². The van der Waals surface area contributed by atoms with Crippen molar-refractivity contribution in [3.05, 3.63) is 98.6 Å². The van der Waals surface area contributed by atoms with Gasteiger partial charge in [-0.1, -0.05) is 85.3 Å². The van der Waals surface area contributed by atoms with Gasteiger partial charge in [0.2, 0.25) is 10.0 Å². The van der Waals surface area contributed by atoms with Crippen LogP contribution in [0.2, 0.25) is 5.02 Å². The zero-order valence-corrected chi connectivity index (χ0v) is 21.7. The van der Waals surface area contributed by atoms with E-state index in [0.717, 1.165) is 22.5 Å². The maximum Gasteiger partial charge on any atom is 0.308 e. The fraction of sp³-hybridized carbons (Fsp3) is 0.269. The predicted molar refractivity (Wildman–Crippen MR) is 141 cm³/mol. The Balaban J connectivity index is 1.56. The summed E-state index contributed by atoms with van der Waals surface area (Å²) >= 11 is 7.30. The van der Waals surface area contributed by atoms with Crippen molar-refractivity contribution in [1.82, 2.24) is 9.29 Å². The minimum atomic E-state index is -3.75. The van der Waals surface area contributed by atoms with Crippen molar-refractivity contribution < 1.29 is 8.42 Å². The third kappa shape index (κ3) is 5.28. The lowest BCUT2D eigenvalue weighted by atomic mass is 9.79. The Morgan fingerprint density at radius 3 is 2.41 bits per heavy atom. The predicted octanol–water partition coefficient (Wildman–Crippen LogP) is 5.80. The molecule has 4 aromatic rings. The molecule has 5 nitrogen and oxygen atoms in total. The van der Waals surface area contributed by atoms with Gasteiger partial charge < -0.3 is 0 Å². The standard InChI is InChI=1S/C26H27ClN2O3S2/c1-18(16-26(2,3)20-10-5-4-6-11-20)28-34(31,32)21-13-14-23-24(15-21)33-25(30)29(23)17-19-9-7-8-12-22(19)27/h4-15,18,28H,16-17H2,1-3H3/t18-/m0/s1. The topological polar surface area (TPSA) is 68.2 Å². The highest BCUT2D eigenvalue weighted by atomic mass is 35.5. The van der Waals surface area contributed by atoms with Crippen LogP contribution in [-0.2, 0) is 22.0 Å². The lowest BCUT2D eigenvalue weighted by Crippen LogP contribution is -2.37. The molecule has 0 aliphatic rings. The van der Waals surface area contributed by atoms with Crippen LogP contribution < -0.4 is 9.60 Å². The monoisotopic (exact) mass is 514 g/mol. The Morgan fingerprint density at radius 1 is 1.03 bits per heavy atom. The van der Waals surface area contributed by atoms with Crippen molar-refractivity contribution in [3.8, 4) is 0 Å². The summed E-state index contributed by atoms with van der Waals surface area (Å²) in [6.07, 6.45) is 0.639. The zero-order valence-electron chi connectivity index (χ0n) is 19.3. The van der Waals surface area contributed by atoms with E-state index >= 15 is 0 Å². The summed E-state index contributed by atoms with van der Waals surface area (Å²) in [7, 11) is -3.75. The lowest BCUT2D eigenvalue weighted by molar-refractivity contribution is 0.418. The summed E-state index contributed by atoms with van der Waals surface area (Å²) in [6.45, 7) is 6.42. The van der Waals surface area contributed by atoms with E-state index in [1.165, 1.54) is 0 Å². The molecule has 178 valence electrons. The molecule has 4 rings (SSSR count). The van der Waals surface area contributed by atoms with E-state index in [2.05, 4.69) is 30.7 Å². The molecule has 0 unspecified atom stereocenters. The van der Waals surface area contributed by atoms with Gasteiger partial charge in [-0.25, -0.2) is 13.1 Å². The van der Waals surface area contributed by atoms with E-state index < -0.39 is 10.0 Å². The van der Waals surface area contributed by atoms with Gasteiger partial charge in [-0.15, -0.1) is 0 Å². The van der Waals surface area contributed by atoms with Gasteiger partial charge in [0.15, 0.2) is 0 Å². The van der Waals surface area contributed by atoms with Crippen LogP contribution in [0.4, 0.5) is 0 Å². The average Bonchev–Trinajstić information content (AvgIpc) is 3.09. The van der Waals surface area contributed by atoms with Gasteiger partial charge in [0.25, 0.3) is 0 Å². The summed E-state index contributed by atoms with van der Waals surface area (Å²) in [6, 6.07) is 22.0. The minimum absolute atomic E-state index is 0.149. The smallest absolute Gasteiger partial charge is 0.294 e. The number of benzene rings is 3. The molecule has 1 heterocycles. The van der Waals surface area contributed by atoms with Gasteiger partial charge in [-0.05, 0) is 54.2 Å². The van der Waals surface area contributed by atoms with Crippen molar-refractivity contribution in [1.29, 1.82) is 0 Å². The second-order valence-electron chi connectivity index (χ2n) is 9.15. The molecule has 0 saturated carbocycles. The van der Waals surface area contributed by atoms with Crippen LogP contribution >= 0.6 is 22.9 Å². The molecule has 8 heteroatoms. The fourth-order valence-electron chi connectivity index (χ4n) is 4.31. The van der Waals surface area contributed by atoms with Crippen molar-refractivity contribution in [3.63, 3.8) is 0 Å². The molecular formula is C26H27ClN2O3S2. The van der Waals surface area contributed by atoms with E-state index in [0.29, 0.717) is 28.2 Å². The number of hydrogen-bond donors (Lipinski definition) is 1. The van der Waals surface area contributed by atoms with Gasteiger partial charge in [0.05, 0.1) is 21.7 Å². The number of aromatic nitrogens is 1. The van der Waals surface area contributed by atoms with Crippen molar-refractivity contribution >= 4 is 43.2 Å². The molecule has 3 aromatic carbocycles. The second kappa shape index (κ2) is 9.66. The van der Waals surface area contributed by atoms with Crippen LogP contribution in [0.15, 0.2) is 82.5 Å². The largest absolute Gasteiger partial charge is 0.308 e. The lowest BCUT2D eigenvalue weighted by Gasteiger charge is -2.29. The van der Waals surface area contributed by atoms with E-state index in [1.807, 2.05) is 43.3 Å². The Kier molecular flexibility index (Phi) is 7.01. The number of halogens is 1. The summed E-state index contributed by atoms with van der Waals surface area (Å²) in [5.41, 5.74) is 2.49. The first-order valence-corrected chi connectivity index (χ1v) is 13.7. The minimum Gasteiger partial charge on any atom is -0.294 e. The van der Waals surface area contributed by atoms with Gasteiger partial charge in [0.1, 0.15) is 0 Å². The highest BCUT2D eigenvalue weighted by molar-refractivity contribution is 7.89. The van der Waals surface area contributed by atoms with Crippen molar-refractivity contribution in [2.24, 2.45) is 0 Å². The maximum absolute atomic E-state index is 13.1. The first-order chi connectivity index (χ1) is 16.1. The molecule has 0 amide bonds. The molecule has 1 aromatic heterocycles. The first kappa shape index (κ1) is 24.7. The molecule has 0 radical (unpaired) electrons. The van der Waals surface area contributed by atoms with Crippen LogP contribution in [-0.4, -0.2) is 19.0 Å². The van der Waals surface area contributed by atoms with E-state index in [4.69, 9.17) is 11.6 Å². The molecule has 1 N–H and O–H groups in total. The molecule has 0 spiro atoms. The van der Waals surface area contributed by atoms with E-state index in [9.17, 15) is 13.2 Å². The summed E-state index contributed by atoms with van der Waals surface area (Å²) < 4.78 is 31.3. The first-order valence-electron chi connectivity index (χ1n) is 11.0. The van der Waals surface area contributed by atoms with Gasteiger partial charge >= 0.3 is 4.87 Å². The Labute approximate surface area is 209 Å². The maximum atomic E-state index is 13.1. The summed E-state index contributed by atoms with van der Waals surface area (Å²) in [5, 5.41) is 0.588. The molecule has 0 aliphatic heterocycles. The van der Waals surface area contributed by atoms with Crippen LogP contribution in [0.3, 0.4) is 0 Å². The van der Waals surface area contributed by atoms with E-state index in [-0.39, 0.29) is 21.2 Å². The molecule has 0 aliphatic carbocycles. The third-order valence-corrected chi connectivity index (χ3v) is 8.86.